The lowest BCUT2D eigenvalue weighted by atomic mass is 10.1. The topological polar surface area (TPSA) is 104 Å². The standard InChI is InChI=1S/C23H22Cl2N6O2/c1-13-3-6-17(25)11-19(13)28-20(32)10-9-18-14(2)27-23-29-22(30-31(23)21(18)33)26-12-15-4-7-16(24)8-5-15/h3-8,11H,9-10,12H2,1-2H3,(H,28,32)(H2,26,27,29,30). The number of benzene rings is 2. The second-order valence-electron chi connectivity index (χ2n) is 7.68. The molecule has 0 radical (unpaired) electrons. The number of halogens is 2. The lowest BCUT2D eigenvalue weighted by molar-refractivity contribution is -0.116. The molecule has 0 fully saturated rings. The highest BCUT2D eigenvalue weighted by atomic mass is 35.5. The molecule has 4 rings (SSSR count). The quantitative estimate of drug-likeness (QED) is 0.357. The number of nitrogens with one attached hydrogen (secondary N) is 3. The van der Waals surface area contributed by atoms with Crippen LogP contribution in [0.1, 0.15) is 28.8 Å². The highest BCUT2D eigenvalue weighted by molar-refractivity contribution is 6.31. The number of anilines is 2. The van der Waals surface area contributed by atoms with E-state index in [1.807, 2.05) is 37.3 Å². The minimum absolute atomic E-state index is 0.131. The molecule has 0 atom stereocenters. The molecule has 0 aliphatic rings. The van der Waals surface area contributed by atoms with Crippen molar-refractivity contribution in [3.8, 4) is 0 Å². The lowest BCUT2D eigenvalue weighted by Gasteiger charge is -2.09. The van der Waals surface area contributed by atoms with Crippen molar-refractivity contribution < 1.29 is 4.79 Å². The van der Waals surface area contributed by atoms with Crippen LogP contribution in [0.4, 0.5) is 11.6 Å². The molecule has 10 heteroatoms. The summed E-state index contributed by atoms with van der Waals surface area (Å²) in [6.07, 6.45) is 0.379. The maximum atomic E-state index is 13.0. The van der Waals surface area contributed by atoms with Crippen LogP contribution in [-0.2, 0) is 17.8 Å². The normalized spacial score (nSPS) is 11.0. The molecule has 3 N–H and O–H groups in total. The molecular formula is C23H22Cl2N6O2. The third-order valence-electron chi connectivity index (χ3n) is 5.24. The number of aryl methyl sites for hydroxylation is 2. The van der Waals surface area contributed by atoms with E-state index in [4.69, 9.17) is 23.2 Å². The Balaban J connectivity index is 1.46. The van der Waals surface area contributed by atoms with Crippen molar-refractivity contribution in [2.24, 2.45) is 0 Å². The highest BCUT2D eigenvalue weighted by Gasteiger charge is 2.15. The van der Waals surface area contributed by atoms with E-state index in [0.29, 0.717) is 39.5 Å². The molecule has 170 valence electrons. The summed E-state index contributed by atoms with van der Waals surface area (Å²) < 4.78 is 1.28. The van der Waals surface area contributed by atoms with Crippen LogP contribution in [0.2, 0.25) is 10.0 Å². The molecule has 0 aliphatic carbocycles. The fraction of sp³-hybridized carbons (Fsp3) is 0.217. The number of H-pyrrole nitrogens is 1. The molecule has 8 nitrogen and oxygen atoms in total. The summed E-state index contributed by atoms with van der Waals surface area (Å²) in [6.45, 7) is 4.13. The van der Waals surface area contributed by atoms with E-state index in [1.54, 1.807) is 19.1 Å². The van der Waals surface area contributed by atoms with Gasteiger partial charge in [0.15, 0.2) is 0 Å². The summed E-state index contributed by atoms with van der Waals surface area (Å²) in [5, 5.41) is 10.1. The Bertz CT molecular complexity index is 1380. The first kappa shape index (κ1) is 22.8. The van der Waals surface area contributed by atoms with Gasteiger partial charge in [-0.25, -0.2) is 4.98 Å². The number of hydrogen-bond acceptors (Lipinski definition) is 5. The Labute approximate surface area is 200 Å². The van der Waals surface area contributed by atoms with E-state index in [9.17, 15) is 9.59 Å². The molecule has 33 heavy (non-hydrogen) atoms. The van der Waals surface area contributed by atoms with Crippen molar-refractivity contribution in [3.05, 3.63) is 85.2 Å². The van der Waals surface area contributed by atoms with Crippen LogP contribution < -0.4 is 16.2 Å². The van der Waals surface area contributed by atoms with Crippen LogP contribution in [0, 0.1) is 13.8 Å². The van der Waals surface area contributed by atoms with Gasteiger partial charge in [0.1, 0.15) is 0 Å². The number of nitrogens with zero attached hydrogens (tertiary/aromatic N) is 3. The summed E-state index contributed by atoms with van der Waals surface area (Å²) in [6, 6.07) is 12.7. The first-order valence-electron chi connectivity index (χ1n) is 10.3. The van der Waals surface area contributed by atoms with Crippen molar-refractivity contribution in [3.63, 3.8) is 0 Å². The zero-order valence-corrected chi connectivity index (χ0v) is 19.6. The van der Waals surface area contributed by atoms with Crippen LogP contribution in [0.25, 0.3) is 5.78 Å². The van der Waals surface area contributed by atoms with E-state index in [1.165, 1.54) is 4.52 Å². The highest BCUT2D eigenvalue weighted by Crippen LogP contribution is 2.20. The van der Waals surface area contributed by atoms with Crippen LogP contribution in [0.15, 0.2) is 47.3 Å². The number of amides is 1. The second kappa shape index (κ2) is 9.64. The van der Waals surface area contributed by atoms with E-state index in [0.717, 1.165) is 11.1 Å². The van der Waals surface area contributed by atoms with Gasteiger partial charge >= 0.3 is 0 Å². The zero-order valence-electron chi connectivity index (χ0n) is 18.1. The van der Waals surface area contributed by atoms with Crippen molar-refractivity contribution in [1.82, 2.24) is 19.6 Å². The largest absolute Gasteiger partial charge is 0.351 e. The maximum absolute atomic E-state index is 13.0. The minimum atomic E-state index is -0.281. The fourth-order valence-electron chi connectivity index (χ4n) is 3.39. The molecule has 2 heterocycles. The molecule has 4 aromatic rings. The summed E-state index contributed by atoms with van der Waals surface area (Å²) in [5.74, 6) is 0.471. The molecule has 2 aromatic heterocycles. The summed E-state index contributed by atoms with van der Waals surface area (Å²) in [4.78, 5) is 34.2. The van der Waals surface area contributed by atoms with Crippen molar-refractivity contribution in [2.75, 3.05) is 10.6 Å². The monoisotopic (exact) mass is 484 g/mol. The van der Waals surface area contributed by atoms with E-state index < -0.39 is 0 Å². The summed E-state index contributed by atoms with van der Waals surface area (Å²) >= 11 is 11.9. The van der Waals surface area contributed by atoms with Crippen LogP contribution in [0.5, 0.6) is 0 Å². The van der Waals surface area contributed by atoms with Gasteiger partial charge in [-0.3, -0.25) is 14.7 Å². The summed E-state index contributed by atoms with van der Waals surface area (Å²) in [5.41, 5.74) is 3.29. The van der Waals surface area contributed by atoms with Gasteiger partial charge in [0.2, 0.25) is 11.9 Å². The van der Waals surface area contributed by atoms with Crippen molar-refractivity contribution in [2.45, 2.75) is 33.2 Å². The van der Waals surface area contributed by atoms with Gasteiger partial charge in [0.05, 0.1) is 5.69 Å². The Morgan fingerprint density at radius 1 is 1.06 bits per heavy atom. The number of aromatic amines is 1. The predicted octanol–water partition coefficient (Wildman–Crippen LogP) is 4.52. The van der Waals surface area contributed by atoms with Crippen LogP contribution in [0.3, 0.4) is 0 Å². The third-order valence-corrected chi connectivity index (χ3v) is 5.73. The molecule has 0 aliphatic heterocycles. The number of hydrogen-bond donors (Lipinski definition) is 3. The zero-order chi connectivity index (χ0) is 23.5. The molecule has 0 bridgehead atoms. The SMILES string of the molecule is Cc1ccc(Cl)cc1NC(=O)CCc1c(C)nc2nc(NCc3ccc(Cl)cc3)[nH]n2c1=O. The lowest BCUT2D eigenvalue weighted by Crippen LogP contribution is -2.23. The molecular weight excluding hydrogens is 463 g/mol. The van der Waals surface area contributed by atoms with Gasteiger partial charge in [-0.1, -0.05) is 41.4 Å². The molecule has 0 unspecified atom stereocenters. The minimum Gasteiger partial charge on any atom is -0.351 e. The predicted molar refractivity (Wildman–Crippen MR) is 130 cm³/mol. The van der Waals surface area contributed by atoms with Gasteiger partial charge in [0, 0.05) is 34.3 Å². The number of fused-ring (bicyclic) bond motifs is 1. The average molecular weight is 485 g/mol. The third kappa shape index (κ3) is 5.35. The molecule has 2 aromatic carbocycles. The Kier molecular flexibility index (Phi) is 6.67. The van der Waals surface area contributed by atoms with E-state index in [-0.39, 0.29) is 30.1 Å². The number of aromatic nitrogens is 4. The van der Waals surface area contributed by atoms with Crippen molar-refractivity contribution >= 4 is 46.5 Å². The Hall–Kier alpha value is -3.36. The number of carbonyl (C=O) groups excluding carboxylic acids is 1. The first-order chi connectivity index (χ1) is 15.8. The summed E-state index contributed by atoms with van der Waals surface area (Å²) in [7, 11) is 0. The van der Waals surface area contributed by atoms with Gasteiger partial charge in [0.25, 0.3) is 11.3 Å². The van der Waals surface area contributed by atoms with Crippen molar-refractivity contribution in [1.29, 1.82) is 0 Å². The number of rotatable bonds is 7. The Morgan fingerprint density at radius 2 is 1.79 bits per heavy atom. The Morgan fingerprint density at radius 3 is 2.55 bits per heavy atom. The van der Waals surface area contributed by atoms with Gasteiger partial charge in [-0.15, -0.1) is 0 Å². The average Bonchev–Trinajstić information content (AvgIpc) is 3.19. The first-order valence-corrected chi connectivity index (χ1v) is 11.1. The maximum Gasteiger partial charge on any atom is 0.277 e. The van der Waals surface area contributed by atoms with Gasteiger partial charge < -0.3 is 10.6 Å². The van der Waals surface area contributed by atoms with Gasteiger partial charge in [-0.05, 0) is 55.7 Å². The second-order valence-corrected chi connectivity index (χ2v) is 8.55. The van der Waals surface area contributed by atoms with Crippen LogP contribution >= 0.6 is 23.2 Å². The molecule has 1 amide bonds. The molecule has 0 saturated heterocycles. The van der Waals surface area contributed by atoms with Crippen LogP contribution in [-0.4, -0.2) is 25.5 Å². The smallest absolute Gasteiger partial charge is 0.277 e. The molecule has 0 saturated carbocycles. The molecule has 0 spiro atoms. The fourth-order valence-corrected chi connectivity index (χ4v) is 3.69. The van der Waals surface area contributed by atoms with E-state index >= 15 is 0 Å². The van der Waals surface area contributed by atoms with Gasteiger partial charge in [-0.2, -0.15) is 9.50 Å². The van der Waals surface area contributed by atoms with E-state index in [2.05, 4.69) is 25.7 Å². The number of carbonyl (C=O) groups is 1.